The van der Waals surface area contributed by atoms with Gasteiger partial charge in [0.15, 0.2) is 0 Å². The van der Waals surface area contributed by atoms with Crippen LogP contribution in [0, 0.1) is 5.92 Å². The van der Waals surface area contributed by atoms with Crippen LogP contribution in [-0.2, 0) is 0 Å². The third-order valence-corrected chi connectivity index (χ3v) is 6.30. The van der Waals surface area contributed by atoms with Gasteiger partial charge in [0.25, 0.3) is 0 Å². The van der Waals surface area contributed by atoms with Gasteiger partial charge in [-0.15, -0.1) is 0 Å². The summed E-state index contributed by atoms with van der Waals surface area (Å²) in [6.07, 6.45) is 8.55. The Morgan fingerprint density at radius 1 is 1.00 bits per heavy atom. The molecule has 5 heteroatoms. The zero-order valence-electron chi connectivity index (χ0n) is 15.7. The number of carbonyl (C=O) groups excluding carboxylic acids is 1. The van der Waals surface area contributed by atoms with E-state index in [1.54, 1.807) is 0 Å². The van der Waals surface area contributed by atoms with Crippen molar-refractivity contribution in [1.82, 2.24) is 20.0 Å². The summed E-state index contributed by atoms with van der Waals surface area (Å²) in [5.74, 6) is 0.759. The second kappa shape index (κ2) is 8.52. The fourth-order valence-corrected chi connectivity index (χ4v) is 4.61. The first kappa shape index (κ1) is 18.0. The largest absolute Gasteiger partial charge is 0.335 e. The minimum Gasteiger partial charge on any atom is -0.335 e. The summed E-state index contributed by atoms with van der Waals surface area (Å²) < 4.78 is 0. The third kappa shape index (κ3) is 4.85. The molecule has 1 N–H and O–H groups in total. The maximum atomic E-state index is 12.5. The minimum atomic E-state index is 0.188. The lowest BCUT2D eigenvalue weighted by Gasteiger charge is -2.41. The summed E-state index contributed by atoms with van der Waals surface area (Å²) in [6.45, 7) is 9.00. The Hall–Kier alpha value is -0.810. The van der Waals surface area contributed by atoms with Crippen molar-refractivity contribution >= 4 is 6.03 Å². The van der Waals surface area contributed by atoms with Crippen molar-refractivity contribution in [3.8, 4) is 0 Å². The highest BCUT2D eigenvalue weighted by atomic mass is 16.2. The number of hydrogen-bond acceptors (Lipinski definition) is 3. The summed E-state index contributed by atoms with van der Waals surface area (Å²) in [7, 11) is 2.22. The number of piperazine rings is 1. The topological polar surface area (TPSA) is 38.8 Å². The molecule has 0 aromatic carbocycles. The molecule has 0 spiro atoms. The molecule has 0 radical (unpaired) electrons. The Labute approximate surface area is 147 Å². The van der Waals surface area contributed by atoms with Crippen LogP contribution in [0.15, 0.2) is 0 Å². The Balaban J connectivity index is 1.38. The lowest BCUT2D eigenvalue weighted by Crippen LogP contribution is -2.53. The van der Waals surface area contributed by atoms with Crippen LogP contribution in [-0.4, -0.2) is 79.1 Å². The molecule has 0 aromatic rings. The minimum absolute atomic E-state index is 0.188. The Kier molecular flexibility index (Phi) is 6.39. The number of urea groups is 1. The number of carbonyl (C=O) groups is 1. The maximum absolute atomic E-state index is 12.5. The van der Waals surface area contributed by atoms with E-state index in [4.69, 9.17) is 0 Å². The summed E-state index contributed by atoms with van der Waals surface area (Å²) in [5.41, 5.74) is 0. The molecule has 138 valence electrons. The van der Waals surface area contributed by atoms with Gasteiger partial charge in [-0.3, -0.25) is 4.90 Å². The standard InChI is InChI=1S/C19H36N4O/c1-16-14-21(2)12-13-23(16)15-17-8-10-22(11-9-17)19(24)20-18-6-4-3-5-7-18/h16-18H,3-15H2,1-2H3,(H,20,24)/t16-/m1/s1. The van der Waals surface area contributed by atoms with E-state index in [9.17, 15) is 4.79 Å². The van der Waals surface area contributed by atoms with Crippen molar-refractivity contribution in [1.29, 1.82) is 0 Å². The molecule has 1 atom stereocenters. The number of nitrogens with one attached hydrogen (secondary N) is 1. The molecule has 1 saturated carbocycles. The van der Waals surface area contributed by atoms with Crippen molar-refractivity contribution < 1.29 is 4.79 Å². The number of likely N-dealkylation sites (tertiary alicyclic amines) is 1. The molecule has 2 saturated heterocycles. The molecule has 3 aliphatic rings. The number of rotatable bonds is 3. The Bertz CT molecular complexity index is 402. The van der Waals surface area contributed by atoms with E-state index in [0.717, 1.165) is 31.8 Å². The first-order valence-corrected chi connectivity index (χ1v) is 10.1. The zero-order valence-corrected chi connectivity index (χ0v) is 15.7. The maximum Gasteiger partial charge on any atom is 0.317 e. The highest BCUT2D eigenvalue weighted by molar-refractivity contribution is 5.74. The second-order valence-corrected chi connectivity index (χ2v) is 8.32. The van der Waals surface area contributed by atoms with Crippen LogP contribution in [0.5, 0.6) is 0 Å². The summed E-state index contributed by atoms with van der Waals surface area (Å²) in [5, 5.41) is 3.27. The molecule has 1 aliphatic carbocycles. The molecule has 0 aromatic heterocycles. The average Bonchev–Trinajstić information content (AvgIpc) is 2.59. The predicted molar refractivity (Wildman–Crippen MR) is 98.2 cm³/mol. The van der Waals surface area contributed by atoms with Crippen LogP contribution in [0.1, 0.15) is 51.9 Å². The summed E-state index contributed by atoms with van der Waals surface area (Å²) in [4.78, 5) is 19.6. The Morgan fingerprint density at radius 2 is 1.71 bits per heavy atom. The van der Waals surface area contributed by atoms with Crippen LogP contribution in [0.3, 0.4) is 0 Å². The van der Waals surface area contributed by atoms with E-state index in [2.05, 4.69) is 34.0 Å². The molecule has 3 rings (SSSR count). The molecular weight excluding hydrogens is 300 g/mol. The van der Waals surface area contributed by atoms with Gasteiger partial charge >= 0.3 is 6.03 Å². The van der Waals surface area contributed by atoms with Crippen LogP contribution >= 0.6 is 0 Å². The first-order chi connectivity index (χ1) is 11.6. The fraction of sp³-hybridized carbons (Fsp3) is 0.947. The quantitative estimate of drug-likeness (QED) is 0.860. The molecular formula is C19H36N4O. The number of hydrogen-bond donors (Lipinski definition) is 1. The number of likely N-dealkylation sites (N-methyl/N-ethyl adjacent to an activating group) is 1. The fourth-order valence-electron chi connectivity index (χ4n) is 4.61. The molecule has 2 amide bonds. The molecule has 0 bridgehead atoms. The van der Waals surface area contributed by atoms with Gasteiger partial charge in [0.05, 0.1) is 0 Å². The van der Waals surface area contributed by atoms with E-state index >= 15 is 0 Å². The highest BCUT2D eigenvalue weighted by Gasteiger charge is 2.28. The Morgan fingerprint density at radius 3 is 2.38 bits per heavy atom. The SMILES string of the molecule is C[C@@H]1CN(C)CCN1CC1CCN(C(=O)NC2CCCCC2)CC1. The molecule has 2 heterocycles. The number of nitrogens with zero attached hydrogens (tertiary/aromatic N) is 3. The normalized spacial score (nSPS) is 28.9. The van der Waals surface area contributed by atoms with Gasteiger partial charge in [-0.1, -0.05) is 19.3 Å². The van der Waals surface area contributed by atoms with Gasteiger partial charge in [0, 0.05) is 51.4 Å². The molecule has 0 unspecified atom stereocenters. The molecule has 2 aliphatic heterocycles. The van der Waals surface area contributed by atoms with Crippen molar-refractivity contribution in [3.63, 3.8) is 0 Å². The number of amides is 2. The van der Waals surface area contributed by atoms with Crippen LogP contribution in [0.2, 0.25) is 0 Å². The lowest BCUT2D eigenvalue weighted by molar-refractivity contribution is 0.0709. The molecule has 5 nitrogen and oxygen atoms in total. The zero-order chi connectivity index (χ0) is 16.9. The van der Waals surface area contributed by atoms with E-state index in [1.807, 2.05) is 0 Å². The predicted octanol–water partition coefficient (Wildman–Crippen LogP) is 2.38. The van der Waals surface area contributed by atoms with E-state index in [1.165, 1.54) is 58.3 Å². The smallest absolute Gasteiger partial charge is 0.317 e. The van der Waals surface area contributed by atoms with Crippen LogP contribution in [0.4, 0.5) is 4.79 Å². The van der Waals surface area contributed by atoms with Gasteiger partial charge in [-0.25, -0.2) is 4.79 Å². The third-order valence-electron chi connectivity index (χ3n) is 6.30. The van der Waals surface area contributed by atoms with Gasteiger partial charge in [-0.05, 0) is 45.6 Å². The monoisotopic (exact) mass is 336 g/mol. The van der Waals surface area contributed by atoms with Crippen LogP contribution < -0.4 is 5.32 Å². The summed E-state index contributed by atoms with van der Waals surface area (Å²) >= 11 is 0. The van der Waals surface area contributed by atoms with Gasteiger partial charge in [0.1, 0.15) is 0 Å². The number of piperidine rings is 1. The molecule has 3 fully saturated rings. The van der Waals surface area contributed by atoms with Crippen molar-refractivity contribution in [2.45, 2.75) is 64.0 Å². The van der Waals surface area contributed by atoms with Crippen LogP contribution in [0.25, 0.3) is 0 Å². The van der Waals surface area contributed by atoms with Gasteiger partial charge in [0.2, 0.25) is 0 Å². The first-order valence-electron chi connectivity index (χ1n) is 10.1. The van der Waals surface area contributed by atoms with Crippen molar-refractivity contribution in [2.24, 2.45) is 5.92 Å². The van der Waals surface area contributed by atoms with Gasteiger partial charge < -0.3 is 15.1 Å². The van der Waals surface area contributed by atoms with Gasteiger partial charge in [-0.2, -0.15) is 0 Å². The van der Waals surface area contributed by atoms with E-state index in [-0.39, 0.29) is 6.03 Å². The molecule has 24 heavy (non-hydrogen) atoms. The highest BCUT2D eigenvalue weighted by Crippen LogP contribution is 2.22. The van der Waals surface area contributed by atoms with E-state index in [0.29, 0.717) is 12.1 Å². The second-order valence-electron chi connectivity index (χ2n) is 8.32. The van der Waals surface area contributed by atoms with E-state index < -0.39 is 0 Å². The van der Waals surface area contributed by atoms with Crippen molar-refractivity contribution in [3.05, 3.63) is 0 Å². The average molecular weight is 337 g/mol. The summed E-state index contributed by atoms with van der Waals surface area (Å²) in [6, 6.07) is 1.28. The van der Waals surface area contributed by atoms with Crippen molar-refractivity contribution in [2.75, 3.05) is 46.3 Å². The lowest BCUT2D eigenvalue weighted by atomic mass is 9.94.